The molecule has 212 valence electrons. The molecule has 0 aliphatic carbocycles. The predicted octanol–water partition coefficient (Wildman–Crippen LogP) is 11.9. The fraction of sp³-hybridized carbons (Fsp3) is 0.526. The molecule has 0 fully saturated rings. The van der Waals surface area contributed by atoms with Crippen LogP contribution in [-0.4, -0.2) is 6.16 Å². The zero-order chi connectivity index (χ0) is 27.3. The van der Waals surface area contributed by atoms with Crippen molar-refractivity contribution in [3.63, 3.8) is 0 Å². The highest BCUT2D eigenvalue weighted by Gasteiger charge is 2.35. The number of unbranched alkanes of at least 4 members (excludes halogenated alkanes) is 16. The van der Waals surface area contributed by atoms with E-state index < -0.39 is 0 Å². The standard InChI is InChI=1S/C38H55P/c39-34-26-15-13-11-9-7-5-3-1-2-4-6-8-10-12-14-25-33-38(35-27-19-16-20-28-35,36-29-21-17-22-30-36)37-31-23-18-24-32-37/h16-24,27-32H,1-15,25-26,33-34,39H2. The van der Waals surface area contributed by atoms with Crippen LogP contribution in [0.5, 0.6) is 0 Å². The van der Waals surface area contributed by atoms with Crippen LogP contribution in [-0.2, 0) is 5.41 Å². The molecular weight excluding hydrogens is 487 g/mol. The van der Waals surface area contributed by atoms with E-state index in [1.54, 1.807) is 0 Å². The van der Waals surface area contributed by atoms with Gasteiger partial charge in [0, 0.05) is 5.41 Å². The van der Waals surface area contributed by atoms with Crippen LogP contribution in [0.1, 0.15) is 132 Å². The molecular formula is C38H55P. The van der Waals surface area contributed by atoms with Crippen LogP contribution in [0, 0.1) is 0 Å². The Balaban J connectivity index is 1.34. The Hall–Kier alpha value is -1.91. The molecule has 1 atom stereocenters. The maximum absolute atomic E-state index is 2.85. The Bertz CT molecular complexity index is 853. The summed E-state index contributed by atoms with van der Waals surface area (Å²) >= 11 is 0. The van der Waals surface area contributed by atoms with Crippen molar-refractivity contribution < 1.29 is 0 Å². The highest BCUT2D eigenvalue weighted by molar-refractivity contribution is 7.16. The summed E-state index contributed by atoms with van der Waals surface area (Å²) in [4.78, 5) is 0. The number of hydrogen-bond donors (Lipinski definition) is 0. The summed E-state index contributed by atoms with van der Waals surface area (Å²) < 4.78 is 0. The van der Waals surface area contributed by atoms with Crippen molar-refractivity contribution in [1.82, 2.24) is 0 Å². The molecule has 0 radical (unpaired) electrons. The van der Waals surface area contributed by atoms with Gasteiger partial charge in [-0.05, 0) is 35.7 Å². The van der Waals surface area contributed by atoms with Crippen molar-refractivity contribution in [2.45, 2.75) is 121 Å². The first-order valence-electron chi connectivity index (χ1n) is 16.2. The average molecular weight is 543 g/mol. The number of hydrogen-bond acceptors (Lipinski definition) is 0. The van der Waals surface area contributed by atoms with Gasteiger partial charge in [0.15, 0.2) is 0 Å². The normalized spacial score (nSPS) is 11.6. The third-order valence-electron chi connectivity index (χ3n) is 8.56. The van der Waals surface area contributed by atoms with Gasteiger partial charge in [0.2, 0.25) is 0 Å². The summed E-state index contributed by atoms with van der Waals surface area (Å²) in [6.07, 6.45) is 26.5. The topological polar surface area (TPSA) is 0 Å². The van der Waals surface area contributed by atoms with E-state index in [4.69, 9.17) is 0 Å². The Labute approximate surface area is 243 Å². The quantitative estimate of drug-likeness (QED) is 0.0673. The van der Waals surface area contributed by atoms with Crippen LogP contribution < -0.4 is 0 Å². The first kappa shape index (κ1) is 31.6. The molecule has 0 spiro atoms. The Morgan fingerprint density at radius 1 is 0.333 bits per heavy atom. The van der Waals surface area contributed by atoms with E-state index in [0.717, 1.165) is 6.42 Å². The van der Waals surface area contributed by atoms with Gasteiger partial charge < -0.3 is 0 Å². The smallest absolute Gasteiger partial charge is 0.0451 e. The molecule has 0 aromatic heterocycles. The van der Waals surface area contributed by atoms with E-state index in [1.807, 2.05) is 0 Å². The minimum Gasteiger partial charge on any atom is -0.138 e. The molecule has 0 bridgehead atoms. The number of benzene rings is 3. The minimum absolute atomic E-state index is 0.0852. The van der Waals surface area contributed by atoms with Crippen LogP contribution >= 0.6 is 9.24 Å². The molecule has 0 aliphatic rings. The molecule has 0 nitrogen and oxygen atoms in total. The van der Waals surface area contributed by atoms with Gasteiger partial charge in [0.05, 0.1) is 0 Å². The molecule has 3 aromatic rings. The van der Waals surface area contributed by atoms with Crippen molar-refractivity contribution in [3.8, 4) is 0 Å². The van der Waals surface area contributed by atoms with Gasteiger partial charge in [-0.2, -0.15) is 0 Å². The van der Waals surface area contributed by atoms with Crippen molar-refractivity contribution in [3.05, 3.63) is 108 Å². The van der Waals surface area contributed by atoms with Gasteiger partial charge in [-0.25, -0.2) is 0 Å². The van der Waals surface area contributed by atoms with Crippen LogP contribution in [0.4, 0.5) is 0 Å². The lowest BCUT2D eigenvalue weighted by Gasteiger charge is -2.36. The lowest BCUT2D eigenvalue weighted by molar-refractivity contribution is 0.491. The number of rotatable bonds is 22. The van der Waals surface area contributed by atoms with Gasteiger partial charge in [-0.3, -0.25) is 0 Å². The van der Waals surface area contributed by atoms with E-state index in [2.05, 4.69) is 100 Å². The molecule has 0 heterocycles. The van der Waals surface area contributed by atoms with Crippen molar-refractivity contribution >= 4 is 9.24 Å². The summed E-state index contributed by atoms with van der Waals surface area (Å²) in [7, 11) is 2.85. The molecule has 3 aromatic carbocycles. The SMILES string of the molecule is PCCCCCCCCCCCCCCCCCCCC(c1ccccc1)(c1ccccc1)c1ccccc1. The molecule has 0 saturated heterocycles. The maximum atomic E-state index is 2.85. The summed E-state index contributed by atoms with van der Waals surface area (Å²) in [5.74, 6) is 0. The van der Waals surface area contributed by atoms with E-state index in [-0.39, 0.29) is 5.41 Å². The Kier molecular flexibility index (Phi) is 16.2. The van der Waals surface area contributed by atoms with Crippen LogP contribution in [0.15, 0.2) is 91.0 Å². The van der Waals surface area contributed by atoms with Crippen LogP contribution in [0.25, 0.3) is 0 Å². The Morgan fingerprint density at radius 3 is 0.872 bits per heavy atom. The molecule has 39 heavy (non-hydrogen) atoms. The maximum Gasteiger partial charge on any atom is 0.0451 e. The second-order valence-electron chi connectivity index (χ2n) is 11.6. The minimum atomic E-state index is -0.0852. The van der Waals surface area contributed by atoms with E-state index in [9.17, 15) is 0 Å². The average Bonchev–Trinajstić information content (AvgIpc) is 3.00. The van der Waals surface area contributed by atoms with Crippen molar-refractivity contribution in [2.75, 3.05) is 6.16 Å². The van der Waals surface area contributed by atoms with Gasteiger partial charge in [-0.1, -0.05) is 194 Å². The Morgan fingerprint density at radius 2 is 0.590 bits per heavy atom. The van der Waals surface area contributed by atoms with E-state index in [1.165, 1.54) is 132 Å². The molecule has 1 heteroatoms. The monoisotopic (exact) mass is 542 g/mol. The molecule has 0 saturated carbocycles. The van der Waals surface area contributed by atoms with Gasteiger partial charge in [0.25, 0.3) is 0 Å². The summed E-state index contributed by atoms with van der Waals surface area (Å²) in [5.41, 5.74) is 4.15. The van der Waals surface area contributed by atoms with Crippen molar-refractivity contribution in [1.29, 1.82) is 0 Å². The fourth-order valence-corrected chi connectivity index (χ4v) is 6.58. The first-order chi connectivity index (χ1) is 19.4. The summed E-state index contributed by atoms with van der Waals surface area (Å²) in [6.45, 7) is 0. The zero-order valence-electron chi connectivity index (χ0n) is 24.7. The molecule has 0 amide bonds. The highest BCUT2D eigenvalue weighted by Crippen LogP contribution is 2.43. The van der Waals surface area contributed by atoms with Gasteiger partial charge in [-0.15, -0.1) is 9.24 Å². The highest BCUT2D eigenvalue weighted by atomic mass is 31.0. The van der Waals surface area contributed by atoms with Crippen LogP contribution in [0.3, 0.4) is 0 Å². The zero-order valence-corrected chi connectivity index (χ0v) is 25.8. The first-order valence-corrected chi connectivity index (χ1v) is 17.1. The second-order valence-corrected chi connectivity index (χ2v) is 12.1. The van der Waals surface area contributed by atoms with E-state index in [0.29, 0.717) is 0 Å². The van der Waals surface area contributed by atoms with Gasteiger partial charge in [0.1, 0.15) is 0 Å². The predicted molar refractivity (Wildman–Crippen MR) is 177 cm³/mol. The molecule has 1 unspecified atom stereocenters. The summed E-state index contributed by atoms with van der Waals surface area (Å²) in [5, 5.41) is 0. The largest absolute Gasteiger partial charge is 0.138 e. The van der Waals surface area contributed by atoms with E-state index >= 15 is 0 Å². The summed E-state index contributed by atoms with van der Waals surface area (Å²) in [6, 6.07) is 33.6. The molecule has 0 aliphatic heterocycles. The fourth-order valence-electron chi connectivity index (χ4n) is 6.29. The second kappa shape index (κ2) is 20.0. The van der Waals surface area contributed by atoms with Crippen LogP contribution in [0.2, 0.25) is 0 Å². The van der Waals surface area contributed by atoms with Crippen molar-refractivity contribution in [2.24, 2.45) is 0 Å². The van der Waals surface area contributed by atoms with Gasteiger partial charge >= 0.3 is 0 Å². The lowest BCUT2D eigenvalue weighted by atomic mass is 9.66. The molecule has 0 N–H and O–H groups in total. The third-order valence-corrected chi connectivity index (χ3v) is 8.96. The third kappa shape index (κ3) is 11.2. The molecule has 3 rings (SSSR count). The lowest BCUT2D eigenvalue weighted by Crippen LogP contribution is -2.29.